The van der Waals surface area contributed by atoms with Crippen molar-refractivity contribution < 1.29 is 4.79 Å². The molecule has 0 saturated heterocycles. The van der Waals surface area contributed by atoms with Crippen molar-refractivity contribution >= 4 is 5.78 Å². The summed E-state index contributed by atoms with van der Waals surface area (Å²) < 4.78 is 0. The Morgan fingerprint density at radius 3 is 2.85 bits per heavy atom. The molecule has 0 spiro atoms. The van der Waals surface area contributed by atoms with Gasteiger partial charge in [-0.3, -0.25) is 4.79 Å². The van der Waals surface area contributed by atoms with Gasteiger partial charge in [0, 0.05) is 19.0 Å². The fourth-order valence-corrected chi connectivity index (χ4v) is 1.15. The van der Waals surface area contributed by atoms with Crippen LogP contribution in [0.15, 0.2) is 18.6 Å². The molecule has 0 bridgehead atoms. The number of nitrogens with zero attached hydrogens (tertiary/aromatic N) is 2. The lowest BCUT2D eigenvalue weighted by Gasteiger charge is -2.02. The van der Waals surface area contributed by atoms with Crippen molar-refractivity contribution in [2.24, 2.45) is 5.92 Å². The highest BCUT2D eigenvalue weighted by atomic mass is 16.1. The molecule has 0 aliphatic heterocycles. The molecule has 3 heteroatoms. The minimum absolute atomic E-state index is 0.244. The van der Waals surface area contributed by atoms with Crippen molar-refractivity contribution in [1.82, 2.24) is 9.97 Å². The largest absolute Gasteiger partial charge is 0.299 e. The summed E-state index contributed by atoms with van der Waals surface area (Å²) in [5.41, 5.74) is 0.806. The maximum atomic E-state index is 11.4. The molecule has 70 valence electrons. The fourth-order valence-electron chi connectivity index (χ4n) is 1.15. The fraction of sp³-hybridized carbons (Fsp3) is 0.500. The molecule has 0 aliphatic rings. The first-order chi connectivity index (χ1) is 6.18. The van der Waals surface area contributed by atoms with Gasteiger partial charge in [-0.05, 0) is 12.0 Å². The van der Waals surface area contributed by atoms with Gasteiger partial charge in [0.1, 0.15) is 12.1 Å². The molecular weight excluding hydrogens is 164 g/mol. The Morgan fingerprint density at radius 1 is 1.54 bits per heavy atom. The summed E-state index contributed by atoms with van der Waals surface area (Å²) in [5, 5.41) is 0. The summed E-state index contributed by atoms with van der Waals surface area (Å²) in [6.07, 6.45) is 4.19. The Kier molecular flexibility index (Phi) is 3.55. The lowest BCUT2D eigenvalue weighted by atomic mass is 10.0. The van der Waals surface area contributed by atoms with Crippen LogP contribution in [0.3, 0.4) is 0 Å². The minimum Gasteiger partial charge on any atom is -0.299 e. The van der Waals surface area contributed by atoms with E-state index in [1.165, 1.54) is 6.33 Å². The quantitative estimate of drug-likeness (QED) is 0.703. The maximum absolute atomic E-state index is 11.4. The first-order valence-corrected chi connectivity index (χ1v) is 4.45. The van der Waals surface area contributed by atoms with Gasteiger partial charge in [0.25, 0.3) is 0 Å². The highest BCUT2D eigenvalue weighted by molar-refractivity contribution is 5.80. The van der Waals surface area contributed by atoms with E-state index in [1.54, 1.807) is 12.3 Å². The van der Waals surface area contributed by atoms with Gasteiger partial charge in [0.2, 0.25) is 0 Å². The molecule has 0 atom stereocenters. The molecule has 13 heavy (non-hydrogen) atoms. The van der Waals surface area contributed by atoms with Crippen LogP contribution in [0.4, 0.5) is 0 Å². The standard InChI is InChI=1S/C10H14N2O/c1-8(2)5-10(13)6-9-3-4-11-7-12-9/h3-4,7-8H,5-6H2,1-2H3. The van der Waals surface area contributed by atoms with E-state index in [2.05, 4.69) is 9.97 Å². The average Bonchev–Trinajstić information content (AvgIpc) is 2.04. The third kappa shape index (κ3) is 3.78. The summed E-state index contributed by atoms with van der Waals surface area (Å²) in [7, 11) is 0. The van der Waals surface area contributed by atoms with Crippen LogP contribution in [-0.2, 0) is 11.2 Å². The van der Waals surface area contributed by atoms with Crippen molar-refractivity contribution in [2.45, 2.75) is 26.7 Å². The van der Waals surface area contributed by atoms with Gasteiger partial charge in [-0.15, -0.1) is 0 Å². The molecule has 1 aromatic heterocycles. The SMILES string of the molecule is CC(C)CC(=O)Cc1ccncn1. The van der Waals surface area contributed by atoms with Gasteiger partial charge in [-0.1, -0.05) is 13.8 Å². The summed E-state index contributed by atoms with van der Waals surface area (Å²) in [4.78, 5) is 19.1. The molecule has 0 amide bonds. The zero-order valence-corrected chi connectivity index (χ0v) is 8.03. The number of ketones is 1. The maximum Gasteiger partial charge on any atom is 0.139 e. The monoisotopic (exact) mass is 178 g/mol. The van der Waals surface area contributed by atoms with Gasteiger partial charge in [-0.25, -0.2) is 9.97 Å². The van der Waals surface area contributed by atoms with Crippen molar-refractivity contribution in [3.05, 3.63) is 24.3 Å². The Hall–Kier alpha value is -1.25. The molecule has 1 rings (SSSR count). The Morgan fingerprint density at radius 2 is 2.31 bits per heavy atom. The van der Waals surface area contributed by atoms with Crippen LogP contribution in [0.1, 0.15) is 26.0 Å². The molecule has 0 aromatic carbocycles. The number of carbonyl (C=O) groups excluding carboxylic acids is 1. The number of aromatic nitrogens is 2. The highest BCUT2D eigenvalue weighted by Crippen LogP contribution is 2.03. The van der Waals surface area contributed by atoms with Gasteiger partial charge in [-0.2, -0.15) is 0 Å². The third-order valence-corrected chi connectivity index (χ3v) is 1.66. The number of Topliss-reactive ketones (excluding diaryl/α,β-unsaturated/α-hetero) is 1. The number of carbonyl (C=O) groups is 1. The van der Waals surface area contributed by atoms with E-state index in [0.29, 0.717) is 18.8 Å². The molecule has 0 aliphatic carbocycles. The van der Waals surface area contributed by atoms with Crippen molar-refractivity contribution in [1.29, 1.82) is 0 Å². The van der Waals surface area contributed by atoms with Crippen LogP contribution < -0.4 is 0 Å². The number of rotatable bonds is 4. The molecule has 3 nitrogen and oxygen atoms in total. The van der Waals surface area contributed by atoms with Crippen LogP contribution >= 0.6 is 0 Å². The average molecular weight is 178 g/mol. The van der Waals surface area contributed by atoms with Crippen molar-refractivity contribution in [3.8, 4) is 0 Å². The van der Waals surface area contributed by atoms with E-state index in [-0.39, 0.29) is 5.78 Å². The predicted octanol–water partition coefficient (Wildman–Crippen LogP) is 1.63. The number of hydrogen-bond donors (Lipinski definition) is 0. The number of hydrogen-bond acceptors (Lipinski definition) is 3. The lowest BCUT2D eigenvalue weighted by Crippen LogP contribution is -2.07. The summed E-state index contributed by atoms with van der Waals surface area (Å²) in [5.74, 6) is 0.669. The molecule has 0 unspecified atom stereocenters. The topological polar surface area (TPSA) is 42.9 Å². The van der Waals surface area contributed by atoms with Crippen LogP contribution in [-0.4, -0.2) is 15.8 Å². The molecule has 0 saturated carbocycles. The van der Waals surface area contributed by atoms with Gasteiger partial charge < -0.3 is 0 Å². The molecule has 1 heterocycles. The zero-order chi connectivity index (χ0) is 9.68. The Bertz CT molecular complexity index is 270. The summed E-state index contributed by atoms with van der Waals surface area (Å²) >= 11 is 0. The van der Waals surface area contributed by atoms with Crippen LogP contribution in [0.5, 0.6) is 0 Å². The van der Waals surface area contributed by atoms with Crippen LogP contribution in [0, 0.1) is 5.92 Å². The Labute approximate surface area is 78.2 Å². The molecule has 0 fully saturated rings. The first kappa shape index (κ1) is 9.84. The van der Waals surface area contributed by atoms with Gasteiger partial charge >= 0.3 is 0 Å². The van der Waals surface area contributed by atoms with Gasteiger partial charge in [0.15, 0.2) is 0 Å². The second kappa shape index (κ2) is 4.70. The Balaban J connectivity index is 2.46. The minimum atomic E-state index is 0.244. The molecule has 0 radical (unpaired) electrons. The van der Waals surface area contributed by atoms with Crippen molar-refractivity contribution in [3.63, 3.8) is 0 Å². The van der Waals surface area contributed by atoms with Crippen LogP contribution in [0.25, 0.3) is 0 Å². The lowest BCUT2D eigenvalue weighted by molar-refractivity contribution is -0.119. The zero-order valence-electron chi connectivity index (χ0n) is 8.03. The van der Waals surface area contributed by atoms with E-state index in [4.69, 9.17) is 0 Å². The van der Waals surface area contributed by atoms with E-state index in [0.717, 1.165) is 5.69 Å². The molecule has 1 aromatic rings. The first-order valence-electron chi connectivity index (χ1n) is 4.45. The van der Waals surface area contributed by atoms with E-state index < -0.39 is 0 Å². The van der Waals surface area contributed by atoms with Gasteiger partial charge in [0.05, 0.1) is 5.69 Å². The molecule has 0 N–H and O–H groups in total. The highest BCUT2D eigenvalue weighted by Gasteiger charge is 2.06. The third-order valence-electron chi connectivity index (χ3n) is 1.66. The van der Waals surface area contributed by atoms with E-state index in [1.807, 2.05) is 13.8 Å². The molecular formula is C10H14N2O. The van der Waals surface area contributed by atoms with E-state index >= 15 is 0 Å². The van der Waals surface area contributed by atoms with Crippen molar-refractivity contribution in [2.75, 3.05) is 0 Å². The second-order valence-corrected chi connectivity index (χ2v) is 3.51. The second-order valence-electron chi connectivity index (χ2n) is 3.51. The summed E-state index contributed by atoms with van der Waals surface area (Å²) in [6.45, 7) is 4.08. The smallest absolute Gasteiger partial charge is 0.139 e. The van der Waals surface area contributed by atoms with E-state index in [9.17, 15) is 4.79 Å². The summed E-state index contributed by atoms with van der Waals surface area (Å²) in [6, 6.07) is 1.78. The normalized spacial score (nSPS) is 10.4. The van der Waals surface area contributed by atoms with Crippen LogP contribution in [0.2, 0.25) is 0 Å². The predicted molar refractivity (Wildman–Crippen MR) is 50.2 cm³/mol.